The lowest BCUT2D eigenvalue weighted by Crippen LogP contribution is -2.37. The normalized spacial score (nSPS) is 16.0. The second-order valence-electron chi connectivity index (χ2n) is 8.08. The number of benzene rings is 1. The molecule has 0 saturated carbocycles. The smallest absolute Gasteiger partial charge is 0.317 e. The Morgan fingerprint density at radius 1 is 1.03 bits per heavy atom. The molecule has 154 valence electrons. The molecule has 4 rings (SSSR count). The van der Waals surface area contributed by atoms with E-state index in [2.05, 4.69) is 27.8 Å². The number of imidazole rings is 1. The summed E-state index contributed by atoms with van der Waals surface area (Å²) in [7, 11) is 3.19. The first kappa shape index (κ1) is 20.1. The Morgan fingerprint density at radius 3 is 2.34 bits per heavy atom. The molecule has 0 spiro atoms. The van der Waals surface area contributed by atoms with Crippen molar-refractivity contribution in [2.24, 2.45) is 20.0 Å². The van der Waals surface area contributed by atoms with Gasteiger partial charge in [-0.05, 0) is 49.5 Å². The molecule has 0 radical (unpaired) electrons. The van der Waals surface area contributed by atoms with E-state index in [1.165, 1.54) is 24.5 Å². The Balaban J connectivity index is 1.83. The van der Waals surface area contributed by atoms with Crippen molar-refractivity contribution in [2.45, 2.75) is 32.9 Å². The molecule has 1 aliphatic rings. The molecule has 0 atom stereocenters. The zero-order valence-corrected chi connectivity index (χ0v) is 18.6. The maximum absolute atomic E-state index is 13.0. The van der Waals surface area contributed by atoms with E-state index in [1.54, 1.807) is 7.05 Å². The maximum atomic E-state index is 13.0. The molecular weight excluding hydrogens is 434 g/mol. The summed E-state index contributed by atoms with van der Waals surface area (Å²) < 4.78 is 5.63. The van der Waals surface area contributed by atoms with Crippen molar-refractivity contribution in [1.82, 2.24) is 23.6 Å². The Bertz CT molecular complexity index is 1150. The van der Waals surface area contributed by atoms with Gasteiger partial charge in [0.15, 0.2) is 11.2 Å². The third-order valence-corrected chi connectivity index (χ3v) is 6.45. The highest BCUT2D eigenvalue weighted by molar-refractivity contribution is 9.10. The van der Waals surface area contributed by atoms with E-state index in [9.17, 15) is 9.59 Å². The monoisotopic (exact) mass is 459 g/mol. The fraction of sp³-hybridized carbons (Fsp3) is 0.476. The topological polar surface area (TPSA) is 65.1 Å². The van der Waals surface area contributed by atoms with E-state index in [1.807, 2.05) is 28.8 Å². The Hall–Kier alpha value is -2.19. The minimum Gasteiger partial charge on any atom is -0.317 e. The van der Waals surface area contributed by atoms with Crippen LogP contribution in [0.4, 0.5) is 0 Å². The fourth-order valence-electron chi connectivity index (χ4n) is 3.98. The summed E-state index contributed by atoms with van der Waals surface area (Å²) in [6, 6.07) is 8.06. The summed E-state index contributed by atoms with van der Waals surface area (Å²) in [5, 5.41) is 0. The van der Waals surface area contributed by atoms with Gasteiger partial charge in [-0.3, -0.25) is 18.8 Å². The van der Waals surface area contributed by atoms with Gasteiger partial charge in [0.2, 0.25) is 0 Å². The molecule has 1 saturated heterocycles. The lowest BCUT2D eigenvalue weighted by molar-refractivity contribution is 0.180. The molecule has 0 aliphatic carbocycles. The predicted molar refractivity (Wildman–Crippen MR) is 117 cm³/mol. The van der Waals surface area contributed by atoms with Crippen LogP contribution in [0.15, 0.2) is 38.3 Å². The van der Waals surface area contributed by atoms with Gasteiger partial charge in [0, 0.05) is 25.1 Å². The summed E-state index contributed by atoms with van der Waals surface area (Å²) in [6.07, 6.45) is 2.35. The first-order valence-corrected chi connectivity index (χ1v) is 10.8. The highest BCUT2D eigenvalue weighted by atomic mass is 79.9. The molecule has 1 fully saturated rings. The number of aromatic nitrogens is 4. The van der Waals surface area contributed by atoms with Crippen LogP contribution in [0.25, 0.3) is 11.2 Å². The van der Waals surface area contributed by atoms with E-state index < -0.39 is 0 Å². The van der Waals surface area contributed by atoms with Crippen molar-refractivity contribution in [3.05, 3.63) is 61.0 Å². The van der Waals surface area contributed by atoms with Crippen LogP contribution in [0.1, 0.15) is 31.2 Å². The van der Waals surface area contributed by atoms with Crippen LogP contribution in [-0.4, -0.2) is 36.7 Å². The maximum Gasteiger partial charge on any atom is 0.332 e. The van der Waals surface area contributed by atoms with Crippen molar-refractivity contribution in [3.63, 3.8) is 0 Å². The zero-order chi connectivity index (χ0) is 20.7. The Labute approximate surface area is 177 Å². The van der Waals surface area contributed by atoms with E-state index in [4.69, 9.17) is 4.98 Å². The number of piperidine rings is 1. The van der Waals surface area contributed by atoms with Crippen LogP contribution in [0.2, 0.25) is 0 Å². The van der Waals surface area contributed by atoms with E-state index in [-0.39, 0.29) is 11.2 Å². The Kier molecular flexibility index (Phi) is 5.48. The molecule has 3 heterocycles. The quantitative estimate of drug-likeness (QED) is 0.600. The lowest BCUT2D eigenvalue weighted by Gasteiger charge is -2.29. The number of fused-ring (bicyclic) bond motifs is 1. The number of hydrogen-bond donors (Lipinski definition) is 0. The van der Waals surface area contributed by atoms with Crippen LogP contribution in [0.5, 0.6) is 0 Å². The largest absolute Gasteiger partial charge is 0.332 e. The molecule has 8 heteroatoms. The van der Waals surface area contributed by atoms with Crippen LogP contribution in [0.3, 0.4) is 0 Å². The first-order valence-electron chi connectivity index (χ1n) is 9.97. The third-order valence-electron chi connectivity index (χ3n) is 5.92. The molecule has 0 bridgehead atoms. The van der Waals surface area contributed by atoms with Crippen molar-refractivity contribution < 1.29 is 0 Å². The Morgan fingerprint density at radius 2 is 1.69 bits per heavy atom. The molecule has 0 amide bonds. The second kappa shape index (κ2) is 7.91. The van der Waals surface area contributed by atoms with Gasteiger partial charge in [0.1, 0.15) is 5.82 Å². The standard InChI is InChI=1S/C21H26BrN5O2/c1-14-8-10-26(11-9-14)13-17-23-19-18(20(28)25(3)21(29)24(19)2)27(17)12-15-4-6-16(22)7-5-15/h4-7,14H,8-13H2,1-3H3. The van der Waals surface area contributed by atoms with Gasteiger partial charge < -0.3 is 4.57 Å². The van der Waals surface area contributed by atoms with Gasteiger partial charge in [-0.2, -0.15) is 0 Å². The van der Waals surface area contributed by atoms with Crippen molar-refractivity contribution in [2.75, 3.05) is 13.1 Å². The summed E-state index contributed by atoms with van der Waals surface area (Å²) in [5.41, 5.74) is 1.37. The van der Waals surface area contributed by atoms with Crippen molar-refractivity contribution in [1.29, 1.82) is 0 Å². The highest BCUT2D eigenvalue weighted by Crippen LogP contribution is 2.21. The summed E-state index contributed by atoms with van der Waals surface area (Å²) in [5.74, 6) is 1.58. The molecule has 7 nitrogen and oxygen atoms in total. The number of rotatable bonds is 4. The average molecular weight is 460 g/mol. The minimum atomic E-state index is -0.353. The molecule has 0 N–H and O–H groups in total. The van der Waals surface area contributed by atoms with Crippen LogP contribution >= 0.6 is 15.9 Å². The fourth-order valence-corrected chi connectivity index (χ4v) is 4.24. The predicted octanol–water partition coefficient (Wildman–Crippen LogP) is 2.48. The number of likely N-dealkylation sites (tertiary alicyclic amines) is 1. The van der Waals surface area contributed by atoms with E-state index in [0.29, 0.717) is 24.3 Å². The first-order chi connectivity index (χ1) is 13.8. The molecule has 29 heavy (non-hydrogen) atoms. The molecule has 2 aromatic heterocycles. The number of halogens is 1. The van der Waals surface area contributed by atoms with Gasteiger partial charge in [-0.25, -0.2) is 9.78 Å². The van der Waals surface area contributed by atoms with Crippen molar-refractivity contribution >= 4 is 27.1 Å². The lowest BCUT2D eigenvalue weighted by atomic mass is 9.99. The van der Waals surface area contributed by atoms with Gasteiger partial charge >= 0.3 is 5.69 Å². The van der Waals surface area contributed by atoms with Gasteiger partial charge in [0.25, 0.3) is 5.56 Å². The van der Waals surface area contributed by atoms with Gasteiger partial charge in [0.05, 0.1) is 6.54 Å². The minimum absolute atomic E-state index is 0.300. The number of nitrogens with zero attached hydrogens (tertiary/aromatic N) is 5. The number of aryl methyl sites for hydroxylation is 1. The van der Waals surface area contributed by atoms with Crippen molar-refractivity contribution in [3.8, 4) is 0 Å². The number of hydrogen-bond acceptors (Lipinski definition) is 4. The van der Waals surface area contributed by atoms with E-state index >= 15 is 0 Å². The SMILES string of the molecule is CC1CCN(Cc2nc3c(c(=O)n(C)c(=O)n3C)n2Cc2ccc(Br)cc2)CC1. The molecule has 1 aromatic carbocycles. The van der Waals surface area contributed by atoms with Crippen LogP contribution in [-0.2, 0) is 27.2 Å². The van der Waals surface area contributed by atoms with Crippen LogP contribution < -0.4 is 11.2 Å². The highest BCUT2D eigenvalue weighted by Gasteiger charge is 2.22. The van der Waals surface area contributed by atoms with E-state index in [0.717, 1.165) is 39.4 Å². The van der Waals surface area contributed by atoms with Gasteiger partial charge in [-0.15, -0.1) is 0 Å². The summed E-state index contributed by atoms with van der Waals surface area (Å²) in [4.78, 5) is 32.5. The summed E-state index contributed by atoms with van der Waals surface area (Å²) >= 11 is 3.47. The molecule has 0 unspecified atom stereocenters. The van der Waals surface area contributed by atoms with Gasteiger partial charge in [-0.1, -0.05) is 35.0 Å². The molecule has 1 aliphatic heterocycles. The molecular formula is C21H26BrN5O2. The average Bonchev–Trinajstić information content (AvgIpc) is 3.06. The molecule has 3 aromatic rings. The zero-order valence-electron chi connectivity index (χ0n) is 17.1. The summed E-state index contributed by atoms with van der Waals surface area (Å²) in [6.45, 7) is 5.56. The third kappa shape index (κ3) is 3.83. The van der Waals surface area contributed by atoms with Crippen LogP contribution in [0, 0.1) is 5.92 Å². The second-order valence-corrected chi connectivity index (χ2v) is 8.99.